The van der Waals surface area contributed by atoms with Crippen molar-refractivity contribution in [1.29, 1.82) is 0 Å². The third kappa shape index (κ3) is 20.2. The highest BCUT2D eigenvalue weighted by atomic mass is 16.6. The van der Waals surface area contributed by atoms with Crippen molar-refractivity contribution >= 4 is 11.7 Å². The predicted octanol–water partition coefficient (Wildman–Crippen LogP) is 1.72. The number of hydrogen-bond donors (Lipinski definition) is 1. The van der Waals surface area contributed by atoms with Crippen LogP contribution in [0.3, 0.4) is 0 Å². The fourth-order valence-corrected chi connectivity index (χ4v) is 2.63. The Morgan fingerprint density at radius 3 is 1.42 bits per heavy atom. The van der Waals surface area contributed by atoms with Gasteiger partial charge in [-0.2, -0.15) is 0 Å². The Labute approximate surface area is 214 Å². The lowest BCUT2D eigenvalue weighted by Crippen LogP contribution is -2.15. The molecule has 11 heteroatoms. The first kappa shape index (κ1) is 32.0. The summed E-state index contributed by atoms with van der Waals surface area (Å²) in [6.07, 6.45) is 0.259. The molecule has 1 rings (SSSR count). The molecule has 0 bridgehead atoms. The van der Waals surface area contributed by atoms with Gasteiger partial charge in [0, 0.05) is 0 Å². The second-order valence-electron chi connectivity index (χ2n) is 7.23. The highest BCUT2D eigenvalue weighted by molar-refractivity contribution is 5.69. The Balaban J connectivity index is 1.68. The van der Waals surface area contributed by atoms with Crippen LogP contribution in [0.15, 0.2) is 24.3 Å². The number of carbonyl (C=O) groups is 1. The minimum absolute atomic E-state index is 0.249. The van der Waals surface area contributed by atoms with Gasteiger partial charge < -0.3 is 48.4 Å². The Kier molecular flexibility index (Phi) is 22.0. The second kappa shape index (κ2) is 24.7. The largest absolute Gasteiger partial charge is 0.489 e. The summed E-state index contributed by atoms with van der Waals surface area (Å²) in [7, 11) is 0. The fraction of sp³-hybridized carbons (Fsp3) is 0.720. The lowest BCUT2D eigenvalue weighted by Gasteiger charge is -2.09. The molecule has 0 aromatic heterocycles. The summed E-state index contributed by atoms with van der Waals surface area (Å²) in [5, 5.41) is 0. The third-order valence-electron chi connectivity index (χ3n) is 4.39. The van der Waals surface area contributed by atoms with Gasteiger partial charge in [-0.3, -0.25) is 4.79 Å². The number of para-hydroxylation sites is 2. The summed E-state index contributed by atoms with van der Waals surface area (Å²) in [5.74, 6) is 0.417. The molecule has 0 aliphatic heterocycles. The topological polar surface area (TPSA) is 126 Å². The molecule has 0 atom stereocenters. The van der Waals surface area contributed by atoms with Crippen molar-refractivity contribution < 1.29 is 47.4 Å². The van der Waals surface area contributed by atoms with Gasteiger partial charge in [-0.05, 0) is 19.1 Å². The van der Waals surface area contributed by atoms with Crippen molar-refractivity contribution in [2.75, 3.05) is 111 Å². The summed E-state index contributed by atoms with van der Waals surface area (Å²) in [5.41, 5.74) is 6.42. The second-order valence-corrected chi connectivity index (χ2v) is 7.23. The lowest BCUT2D eigenvalue weighted by atomic mass is 10.3. The Morgan fingerprint density at radius 2 is 1.00 bits per heavy atom. The molecule has 0 heterocycles. The quantitative estimate of drug-likeness (QED) is 0.110. The van der Waals surface area contributed by atoms with Crippen LogP contribution < -0.4 is 10.5 Å². The van der Waals surface area contributed by atoms with Crippen LogP contribution in [0.25, 0.3) is 0 Å². The highest BCUT2D eigenvalue weighted by Gasteiger charge is 2.01. The molecule has 0 aliphatic rings. The maximum atomic E-state index is 11.1. The van der Waals surface area contributed by atoms with E-state index >= 15 is 0 Å². The first-order valence-corrected chi connectivity index (χ1v) is 12.4. The normalized spacial score (nSPS) is 11.0. The average molecular weight is 518 g/mol. The molecule has 1 aromatic rings. The Hall–Kier alpha value is -1.99. The van der Waals surface area contributed by atoms with E-state index in [2.05, 4.69) is 0 Å². The van der Waals surface area contributed by atoms with E-state index in [1.165, 1.54) is 0 Å². The summed E-state index contributed by atoms with van der Waals surface area (Å²) >= 11 is 0. The standard InChI is InChI=1S/C25H43NO10/c1-2-35-25(27)7-8-28-9-10-29-11-12-30-13-14-31-15-16-32-17-18-33-19-20-34-21-22-36-24-6-4-3-5-23(24)26/h3-6H,2,7-22,26H2,1H3. The number of rotatable bonds is 26. The van der Waals surface area contributed by atoms with Gasteiger partial charge in [0.1, 0.15) is 12.4 Å². The van der Waals surface area contributed by atoms with Crippen LogP contribution in [0, 0.1) is 0 Å². The molecular formula is C25H43NO10. The molecule has 0 saturated carbocycles. The van der Waals surface area contributed by atoms with Crippen LogP contribution in [0.2, 0.25) is 0 Å². The Bertz CT molecular complexity index is 635. The van der Waals surface area contributed by atoms with E-state index in [1.54, 1.807) is 13.0 Å². The predicted molar refractivity (Wildman–Crippen MR) is 133 cm³/mol. The SMILES string of the molecule is CCOC(=O)CCOCCOCCOCCOCCOCCOCCOCCOc1ccccc1N. The maximum Gasteiger partial charge on any atom is 0.308 e. The van der Waals surface area contributed by atoms with E-state index in [-0.39, 0.29) is 12.4 Å². The van der Waals surface area contributed by atoms with Crippen LogP contribution in [0.4, 0.5) is 5.69 Å². The number of esters is 1. The third-order valence-corrected chi connectivity index (χ3v) is 4.39. The molecule has 0 amide bonds. The van der Waals surface area contributed by atoms with Crippen molar-refractivity contribution in [3.8, 4) is 5.75 Å². The molecule has 0 aliphatic carbocycles. The van der Waals surface area contributed by atoms with Crippen LogP contribution >= 0.6 is 0 Å². The molecule has 208 valence electrons. The molecule has 36 heavy (non-hydrogen) atoms. The van der Waals surface area contributed by atoms with E-state index in [1.807, 2.05) is 18.2 Å². The smallest absolute Gasteiger partial charge is 0.308 e. The number of nitrogen functional groups attached to an aromatic ring is 1. The summed E-state index contributed by atoms with van der Waals surface area (Å²) in [4.78, 5) is 11.1. The van der Waals surface area contributed by atoms with Crippen molar-refractivity contribution in [1.82, 2.24) is 0 Å². The van der Waals surface area contributed by atoms with Crippen molar-refractivity contribution in [3.63, 3.8) is 0 Å². The molecule has 0 saturated heterocycles. The first-order valence-electron chi connectivity index (χ1n) is 12.4. The van der Waals surface area contributed by atoms with Crippen molar-refractivity contribution in [2.24, 2.45) is 0 Å². The average Bonchev–Trinajstić information content (AvgIpc) is 2.87. The molecule has 0 spiro atoms. The molecule has 0 fully saturated rings. The molecule has 1 aromatic carbocycles. The molecule has 0 unspecified atom stereocenters. The molecular weight excluding hydrogens is 474 g/mol. The monoisotopic (exact) mass is 517 g/mol. The van der Waals surface area contributed by atoms with Gasteiger partial charge in [0.2, 0.25) is 0 Å². The van der Waals surface area contributed by atoms with Crippen LogP contribution in [-0.2, 0) is 42.7 Å². The Morgan fingerprint density at radius 1 is 0.611 bits per heavy atom. The van der Waals surface area contributed by atoms with E-state index in [9.17, 15) is 4.79 Å². The number of carbonyl (C=O) groups excluding carboxylic acids is 1. The summed E-state index contributed by atoms with van der Waals surface area (Å²) < 4.78 is 48.2. The lowest BCUT2D eigenvalue weighted by molar-refractivity contribution is -0.144. The van der Waals surface area contributed by atoms with Crippen molar-refractivity contribution in [2.45, 2.75) is 13.3 Å². The highest BCUT2D eigenvalue weighted by Crippen LogP contribution is 2.19. The number of anilines is 1. The van der Waals surface area contributed by atoms with Gasteiger partial charge in [-0.1, -0.05) is 12.1 Å². The molecule has 0 radical (unpaired) electrons. The first-order chi connectivity index (χ1) is 17.7. The number of ether oxygens (including phenoxy) is 9. The van der Waals surface area contributed by atoms with E-state index in [4.69, 9.17) is 48.4 Å². The van der Waals surface area contributed by atoms with Gasteiger partial charge in [-0.15, -0.1) is 0 Å². The molecule has 2 N–H and O–H groups in total. The van der Waals surface area contributed by atoms with Crippen LogP contribution in [-0.4, -0.2) is 112 Å². The minimum Gasteiger partial charge on any atom is -0.489 e. The number of hydrogen-bond acceptors (Lipinski definition) is 11. The van der Waals surface area contributed by atoms with E-state index in [0.29, 0.717) is 117 Å². The fourth-order valence-electron chi connectivity index (χ4n) is 2.63. The minimum atomic E-state index is -0.249. The van der Waals surface area contributed by atoms with Gasteiger partial charge >= 0.3 is 5.97 Å². The van der Waals surface area contributed by atoms with Crippen LogP contribution in [0.5, 0.6) is 5.75 Å². The zero-order valence-electron chi connectivity index (χ0n) is 21.5. The van der Waals surface area contributed by atoms with E-state index in [0.717, 1.165) is 0 Å². The van der Waals surface area contributed by atoms with Gasteiger partial charge in [0.05, 0.1) is 111 Å². The van der Waals surface area contributed by atoms with E-state index < -0.39 is 0 Å². The van der Waals surface area contributed by atoms with Crippen LogP contribution in [0.1, 0.15) is 13.3 Å². The zero-order valence-corrected chi connectivity index (χ0v) is 21.5. The van der Waals surface area contributed by atoms with Gasteiger partial charge in [-0.25, -0.2) is 0 Å². The van der Waals surface area contributed by atoms with Gasteiger partial charge in [0.15, 0.2) is 0 Å². The van der Waals surface area contributed by atoms with Crippen molar-refractivity contribution in [3.05, 3.63) is 24.3 Å². The molecule has 11 nitrogen and oxygen atoms in total. The summed E-state index contributed by atoms with van der Waals surface area (Å²) in [6, 6.07) is 7.36. The summed E-state index contributed by atoms with van der Waals surface area (Å²) in [6.45, 7) is 9.23. The van der Waals surface area contributed by atoms with Gasteiger partial charge in [0.25, 0.3) is 0 Å². The maximum absolute atomic E-state index is 11.1. The number of nitrogens with two attached hydrogens (primary N) is 1. The zero-order chi connectivity index (χ0) is 25.9. The number of benzene rings is 1.